The molecule has 0 aliphatic heterocycles. The van der Waals surface area contributed by atoms with Crippen LogP contribution in [0.15, 0.2) is 0 Å². The molecule has 0 bridgehead atoms. The van der Waals surface area contributed by atoms with Gasteiger partial charge in [0.15, 0.2) is 0 Å². The van der Waals surface area contributed by atoms with Crippen molar-refractivity contribution in [1.29, 1.82) is 5.26 Å². The van der Waals surface area contributed by atoms with Gasteiger partial charge < -0.3 is 5.32 Å². The highest BCUT2D eigenvalue weighted by Crippen LogP contribution is 2.31. The Bertz CT molecular complexity index is 469. The van der Waals surface area contributed by atoms with Gasteiger partial charge in [0.1, 0.15) is 17.5 Å². The molecular formula is C14H22N4. The monoisotopic (exact) mass is 246 g/mol. The van der Waals surface area contributed by atoms with E-state index in [-0.39, 0.29) is 0 Å². The molecule has 1 aliphatic carbocycles. The Balaban J connectivity index is 2.13. The van der Waals surface area contributed by atoms with E-state index < -0.39 is 0 Å². The first-order valence-electron chi connectivity index (χ1n) is 6.73. The Kier molecular flexibility index (Phi) is 3.60. The van der Waals surface area contributed by atoms with Gasteiger partial charge in [0.2, 0.25) is 0 Å². The number of nitrogens with one attached hydrogen (secondary N) is 1. The number of nitrogens with zero attached hydrogens (tertiary/aromatic N) is 3. The van der Waals surface area contributed by atoms with Crippen LogP contribution >= 0.6 is 0 Å². The third-order valence-electron chi connectivity index (χ3n) is 4.27. The van der Waals surface area contributed by atoms with E-state index in [9.17, 15) is 5.26 Å². The molecule has 4 heteroatoms. The van der Waals surface area contributed by atoms with E-state index in [1.54, 1.807) is 4.68 Å². The first-order valence-corrected chi connectivity index (χ1v) is 6.73. The van der Waals surface area contributed by atoms with Crippen LogP contribution in [0.5, 0.6) is 0 Å². The first kappa shape index (κ1) is 12.9. The SMILES string of the molecule is Cc1nn(C)c(NC2CCC(C)C(C)C2)c1C#N. The van der Waals surface area contributed by atoms with Crippen molar-refractivity contribution >= 4 is 5.82 Å². The van der Waals surface area contributed by atoms with Crippen LogP contribution < -0.4 is 5.32 Å². The summed E-state index contributed by atoms with van der Waals surface area (Å²) in [5, 5.41) is 17.0. The summed E-state index contributed by atoms with van der Waals surface area (Å²) in [4.78, 5) is 0. The lowest BCUT2D eigenvalue weighted by atomic mass is 9.79. The molecule has 4 nitrogen and oxygen atoms in total. The van der Waals surface area contributed by atoms with E-state index in [0.29, 0.717) is 11.6 Å². The summed E-state index contributed by atoms with van der Waals surface area (Å²) >= 11 is 0. The van der Waals surface area contributed by atoms with Crippen LogP contribution in [0.2, 0.25) is 0 Å². The van der Waals surface area contributed by atoms with Gasteiger partial charge in [-0.3, -0.25) is 4.68 Å². The largest absolute Gasteiger partial charge is 0.366 e. The number of rotatable bonds is 2. The standard InChI is InChI=1S/C14H22N4/c1-9-5-6-12(7-10(9)2)16-14-13(8-15)11(3)17-18(14)4/h9-10,12,16H,5-7H2,1-4H3. The highest BCUT2D eigenvalue weighted by Gasteiger charge is 2.26. The molecular weight excluding hydrogens is 224 g/mol. The van der Waals surface area contributed by atoms with Gasteiger partial charge in [-0.15, -0.1) is 0 Å². The van der Waals surface area contributed by atoms with Gasteiger partial charge in [0, 0.05) is 13.1 Å². The smallest absolute Gasteiger partial charge is 0.142 e. The summed E-state index contributed by atoms with van der Waals surface area (Å²) in [6.45, 7) is 6.53. The fraction of sp³-hybridized carbons (Fsp3) is 0.714. The predicted molar refractivity (Wildman–Crippen MR) is 72.2 cm³/mol. The maximum Gasteiger partial charge on any atom is 0.142 e. The molecule has 0 spiro atoms. The number of hydrogen-bond donors (Lipinski definition) is 1. The van der Waals surface area contributed by atoms with E-state index in [4.69, 9.17) is 0 Å². The van der Waals surface area contributed by atoms with E-state index >= 15 is 0 Å². The quantitative estimate of drug-likeness (QED) is 0.873. The van der Waals surface area contributed by atoms with Crippen LogP contribution in [0.4, 0.5) is 5.82 Å². The summed E-state index contributed by atoms with van der Waals surface area (Å²) in [6.07, 6.45) is 3.62. The molecule has 3 atom stereocenters. The highest BCUT2D eigenvalue weighted by molar-refractivity contribution is 5.55. The molecule has 1 N–H and O–H groups in total. The molecule has 3 unspecified atom stereocenters. The Morgan fingerprint density at radius 2 is 2.06 bits per heavy atom. The molecule has 1 saturated carbocycles. The molecule has 0 amide bonds. The summed E-state index contributed by atoms with van der Waals surface area (Å²) in [6, 6.07) is 2.72. The summed E-state index contributed by atoms with van der Waals surface area (Å²) in [5.41, 5.74) is 1.49. The van der Waals surface area contributed by atoms with Gasteiger partial charge in [0.05, 0.1) is 5.69 Å². The van der Waals surface area contributed by atoms with Crippen molar-refractivity contribution in [3.8, 4) is 6.07 Å². The second-order valence-corrected chi connectivity index (χ2v) is 5.65. The molecule has 98 valence electrons. The second-order valence-electron chi connectivity index (χ2n) is 5.65. The number of nitriles is 1. The number of aromatic nitrogens is 2. The highest BCUT2D eigenvalue weighted by atomic mass is 15.3. The zero-order valence-electron chi connectivity index (χ0n) is 11.7. The van der Waals surface area contributed by atoms with Crippen molar-refractivity contribution in [3.05, 3.63) is 11.3 Å². The van der Waals surface area contributed by atoms with E-state index in [2.05, 4.69) is 30.3 Å². The van der Waals surface area contributed by atoms with E-state index in [1.165, 1.54) is 19.3 Å². The molecule has 1 aliphatic rings. The summed E-state index contributed by atoms with van der Waals surface area (Å²) in [7, 11) is 1.89. The van der Waals surface area contributed by atoms with Gasteiger partial charge in [-0.25, -0.2) is 0 Å². The molecule has 1 fully saturated rings. The zero-order chi connectivity index (χ0) is 13.3. The minimum atomic E-state index is 0.470. The molecule has 0 saturated heterocycles. The van der Waals surface area contributed by atoms with Crippen LogP contribution in [-0.2, 0) is 7.05 Å². The predicted octanol–water partition coefficient (Wildman–Crippen LogP) is 2.84. The van der Waals surface area contributed by atoms with Crippen molar-refractivity contribution in [2.45, 2.75) is 46.1 Å². The first-order chi connectivity index (χ1) is 8.52. The van der Waals surface area contributed by atoms with Gasteiger partial charge in [0.25, 0.3) is 0 Å². The summed E-state index contributed by atoms with van der Waals surface area (Å²) in [5.74, 6) is 2.43. The molecule has 2 rings (SSSR count). The van der Waals surface area contributed by atoms with Crippen LogP contribution in [0, 0.1) is 30.1 Å². The zero-order valence-corrected chi connectivity index (χ0v) is 11.7. The Labute approximate surface area is 109 Å². The van der Waals surface area contributed by atoms with Gasteiger partial charge in [-0.1, -0.05) is 13.8 Å². The fourth-order valence-corrected chi connectivity index (χ4v) is 2.83. The molecule has 18 heavy (non-hydrogen) atoms. The van der Waals surface area contributed by atoms with Gasteiger partial charge in [-0.05, 0) is 38.0 Å². The maximum absolute atomic E-state index is 9.19. The average molecular weight is 246 g/mol. The lowest BCUT2D eigenvalue weighted by Crippen LogP contribution is -2.31. The van der Waals surface area contributed by atoms with Crippen LogP contribution in [-0.4, -0.2) is 15.8 Å². The minimum Gasteiger partial charge on any atom is -0.366 e. The van der Waals surface area contributed by atoms with Crippen LogP contribution in [0.3, 0.4) is 0 Å². The van der Waals surface area contributed by atoms with Crippen molar-refractivity contribution in [1.82, 2.24) is 9.78 Å². The third kappa shape index (κ3) is 2.35. The Morgan fingerprint density at radius 1 is 1.33 bits per heavy atom. The minimum absolute atomic E-state index is 0.470. The fourth-order valence-electron chi connectivity index (χ4n) is 2.83. The Hall–Kier alpha value is -1.50. The van der Waals surface area contributed by atoms with Gasteiger partial charge >= 0.3 is 0 Å². The van der Waals surface area contributed by atoms with E-state index in [1.807, 2.05) is 14.0 Å². The molecule has 0 radical (unpaired) electrons. The normalized spacial score (nSPS) is 27.8. The van der Waals surface area contributed by atoms with Crippen LogP contribution in [0.1, 0.15) is 44.4 Å². The van der Waals surface area contributed by atoms with Crippen molar-refractivity contribution in [3.63, 3.8) is 0 Å². The Morgan fingerprint density at radius 3 is 2.67 bits per heavy atom. The number of aryl methyl sites for hydroxylation is 2. The van der Waals surface area contributed by atoms with Crippen molar-refractivity contribution < 1.29 is 0 Å². The average Bonchev–Trinajstić information content (AvgIpc) is 2.58. The third-order valence-corrected chi connectivity index (χ3v) is 4.27. The number of anilines is 1. The molecule has 1 aromatic heterocycles. The molecule has 0 aromatic carbocycles. The lowest BCUT2D eigenvalue weighted by molar-refractivity contribution is 0.260. The topological polar surface area (TPSA) is 53.6 Å². The van der Waals surface area contributed by atoms with Crippen LogP contribution in [0.25, 0.3) is 0 Å². The number of hydrogen-bond acceptors (Lipinski definition) is 3. The maximum atomic E-state index is 9.19. The lowest BCUT2D eigenvalue weighted by Gasteiger charge is -2.33. The van der Waals surface area contributed by atoms with Crippen molar-refractivity contribution in [2.24, 2.45) is 18.9 Å². The van der Waals surface area contributed by atoms with Crippen molar-refractivity contribution in [2.75, 3.05) is 5.32 Å². The molecule has 1 heterocycles. The molecule has 1 aromatic rings. The second kappa shape index (κ2) is 5.01. The van der Waals surface area contributed by atoms with Gasteiger partial charge in [-0.2, -0.15) is 10.4 Å². The van der Waals surface area contributed by atoms with E-state index in [0.717, 1.165) is 23.3 Å². The summed E-state index contributed by atoms with van der Waals surface area (Å²) < 4.78 is 1.79.